The van der Waals surface area contributed by atoms with Crippen LogP contribution in [0, 0.1) is 5.92 Å². The van der Waals surface area contributed by atoms with Gasteiger partial charge in [0.15, 0.2) is 0 Å². The van der Waals surface area contributed by atoms with Gasteiger partial charge < -0.3 is 15.5 Å². The van der Waals surface area contributed by atoms with Crippen molar-refractivity contribution in [3.63, 3.8) is 0 Å². The van der Waals surface area contributed by atoms with Crippen LogP contribution in [-0.4, -0.2) is 36.3 Å². The highest BCUT2D eigenvalue weighted by atomic mass is 16.2. The van der Waals surface area contributed by atoms with Crippen LogP contribution in [0.15, 0.2) is 60.5 Å². The summed E-state index contributed by atoms with van der Waals surface area (Å²) in [7, 11) is 2.00. The Morgan fingerprint density at radius 2 is 2.00 bits per heavy atom. The van der Waals surface area contributed by atoms with E-state index in [1.54, 1.807) is 0 Å². The van der Waals surface area contributed by atoms with Crippen molar-refractivity contribution in [1.29, 1.82) is 0 Å². The number of piperidine rings is 1. The fourth-order valence-electron chi connectivity index (χ4n) is 2.65. The fraction of sp³-hybridized carbons (Fsp3) is 0.368. The molecule has 0 bridgehead atoms. The number of rotatable bonds is 5. The SMILES string of the molecule is C=C(/C=C(/C)N(C)C1C=CC=CC=C1)NC(=O)C1CCC(=O)NC1. The van der Waals surface area contributed by atoms with Gasteiger partial charge in [0.25, 0.3) is 0 Å². The molecule has 1 saturated heterocycles. The van der Waals surface area contributed by atoms with E-state index in [4.69, 9.17) is 0 Å². The third-order valence-corrected chi connectivity index (χ3v) is 4.26. The summed E-state index contributed by atoms with van der Waals surface area (Å²) in [5.41, 5.74) is 1.56. The highest BCUT2D eigenvalue weighted by molar-refractivity contribution is 5.84. The first kappa shape index (κ1) is 17.8. The Morgan fingerprint density at radius 1 is 1.33 bits per heavy atom. The van der Waals surface area contributed by atoms with Crippen LogP contribution < -0.4 is 10.6 Å². The van der Waals surface area contributed by atoms with Crippen LogP contribution >= 0.6 is 0 Å². The molecule has 1 aliphatic heterocycles. The summed E-state index contributed by atoms with van der Waals surface area (Å²) in [6.07, 6.45) is 15.1. The molecule has 1 heterocycles. The molecule has 0 spiro atoms. The van der Waals surface area contributed by atoms with Crippen LogP contribution in [0.4, 0.5) is 0 Å². The Kier molecular flexibility index (Phi) is 6.18. The molecule has 0 aromatic rings. The molecule has 0 radical (unpaired) electrons. The smallest absolute Gasteiger partial charge is 0.229 e. The maximum absolute atomic E-state index is 12.2. The standard InChI is InChI=1S/C19H25N3O2/c1-14(21-19(24)16-10-11-18(23)20-13-16)12-15(2)22(3)17-8-6-4-5-7-9-17/h4-9,12,16-17H,1,10-11,13H2,2-3H3,(H,20,23)(H,21,24)/b15-12-. The average Bonchev–Trinajstić information content (AvgIpc) is 2.83. The number of carbonyl (C=O) groups is 2. The number of likely N-dealkylation sites (N-methyl/N-ethyl adjacent to an activating group) is 1. The van der Waals surface area contributed by atoms with E-state index in [2.05, 4.69) is 34.3 Å². The van der Waals surface area contributed by atoms with E-state index in [9.17, 15) is 9.59 Å². The lowest BCUT2D eigenvalue weighted by Gasteiger charge is -2.26. The Balaban J connectivity index is 1.90. The second-order valence-electron chi connectivity index (χ2n) is 6.10. The maximum Gasteiger partial charge on any atom is 0.229 e. The van der Waals surface area contributed by atoms with Crippen LogP contribution in [0.1, 0.15) is 19.8 Å². The number of nitrogens with one attached hydrogen (secondary N) is 2. The highest BCUT2D eigenvalue weighted by Gasteiger charge is 2.24. The third-order valence-electron chi connectivity index (χ3n) is 4.26. The van der Waals surface area contributed by atoms with E-state index in [-0.39, 0.29) is 23.8 Å². The molecule has 1 aliphatic carbocycles. The minimum absolute atomic E-state index is 0.00856. The molecular formula is C19H25N3O2. The predicted molar refractivity (Wildman–Crippen MR) is 95.7 cm³/mol. The van der Waals surface area contributed by atoms with E-state index < -0.39 is 0 Å². The van der Waals surface area contributed by atoms with Crippen molar-refractivity contribution in [3.8, 4) is 0 Å². The lowest BCUT2D eigenvalue weighted by Crippen LogP contribution is -2.42. The quantitative estimate of drug-likeness (QED) is 0.760. The van der Waals surface area contributed by atoms with Gasteiger partial charge >= 0.3 is 0 Å². The summed E-state index contributed by atoms with van der Waals surface area (Å²) in [5, 5.41) is 5.55. The fourth-order valence-corrected chi connectivity index (χ4v) is 2.65. The summed E-state index contributed by atoms with van der Waals surface area (Å²) >= 11 is 0. The second kappa shape index (κ2) is 8.34. The van der Waals surface area contributed by atoms with Gasteiger partial charge in [0.05, 0.1) is 12.0 Å². The van der Waals surface area contributed by atoms with Gasteiger partial charge in [-0.05, 0) is 19.4 Å². The van der Waals surface area contributed by atoms with Crippen molar-refractivity contribution in [2.75, 3.05) is 13.6 Å². The van der Waals surface area contributed by atoms with Crippen molar-refractivity contribution < 1.29 is 9.59 Å². The van der Waals surface area contributed by atoms with E-state index in [1.165, 1.54) is 0 Å². The molecular weight excluding hydrogens is 302 g/mol. The van der Waals surface area contributed by atoms with Crippen molar-refractivity contribution in [2.24, 2.45) is 5.92 Å². The zero-order valence-corrected chi connectivity index (χ0v) is 14.3. The summed E-state index contributed by atoms with van der Waals surface area (Å²) in [6, 6.07) is 0.160. The monoisotopic (exact) mass is 327 g/mol. The van der Waals surface area contributed by atoms with Crippen LogP contribution in [0.3, 0.4) is 0 Å². The molecule has 2 amide bonds. The molecule has 1 fully saturated rings. The average molecular weight is 327 g/mol. The van der Waals surface area contributed by atoms with Gasteiger partial charge in [0, 0.05) is 31.4 Å². The van der Waals surface area contributed by atoms with Gasteiger partial charge in [-0.3, -0.25) is 9.59 Å². The van der Waals surface area contributed by atoms with Gasteiger partial charge in [-0.25, -0.2) is 0 Å². The molecule has 5 heteroatoms. The number of hydrogen-bond acceptors (Lipinski definition) is 3. The van der Waals surface area contributed by atoms with Gasteiger partial charge in [0.2, 0.25) is 11.8 Å². The van der Waals surface area contributed by atoms with Gasteiger partial charge in [-0.1, -0.05) is 43.0 Å². The zero-order chi connectivity index (χ0) is 17.5. The van der Waals surface area contributed by atoms with Gasteiger partial charge in [-0.15, -0.1) is 0 Å². The van der Waals surface area contributed by atoms with Crippen LogP contribution in [-0.2, 0) is 9.59 Å². The summed E-state index contributed by atoms with van der Waals surface area (Å²) in [6.45, 7) is 6.30. The first-order valence-electron chi connectivity index (χ1n) is 8.16. The molecule has 2 N–H and O–H groups in total. The molecule has 0 aromatic carbocycles. The Morgan fingerprint density at radius 3 is 2.58 bits per heavy atom. The van der Waals surface area contributed by atoms with Crippen molar-refractivity contribution in [2.45, 2.75) is 25.8 Å². The normalized spacial score (nSPS) is 21.2. The Bertz CT molecular complexity index is 603. The molecule has 0 aromatic heterocycles. The molecule has 2 aliphatic rings. The van der Waals surface area contributed by atoms with E-state index in [0.29, 0.717) is 25.1 Å². The minimum atomic E-state index is -0.190. The van der Waals surface area contributed by atoms with Crippen molar-refractivity contribution in [3.05, 3.63) is 60.5 Å². The van der Waals surface area contributed by atoms with E-state index in [1.807, 2.05) is 44.4 Å². The van der Waals surface area contributed by atoms with Crippen LogP contribution in [0.25, 0.3) is 0 Å². The molecule has 24 heavy (non-hydrogen) atoms. The van der Waals surface area contributed by atoms with E-state index in [0.717, 1.165) is 5.70 Å². The summed E-state index contributed by atoms with van der Waals surface area (Å²) in [4.78, 5) is 25.5. The molecule has 1 atom stereocenters. The predicted octanol–water partition coefficient (Wildman–Crippen LogP) is 2.03. The van der Waals surface area contributed by atoms with E-state index >= 15 is 0 Å². The Hall–Kier alpha value is -2.56. The molecule has 0 saturated carbocycles. The molecule has 2 rings (SSSR count). The van der Waals surface area contributed by atoms with Gasteiger partial charge in [-0.2, -0.15) is 0 Å². The first-order valence-corrected chi connectivity index (χ1v) is 8.16. The Labute approximate surface area is 143 Å². The third kappa shape index (κ3) is 4.98. The van der Waals surface area contributed by atoms with Crippen LogP contribution in [0.2, 0.25) is 0 Å². The number of amides is 2. The van der Waals surface area contributed by atoms with Crippen molar-refractivity contribution in [1.82, 2.24) is 15.5 Å². The van der Waals surface area contributed by atoms with Gasteiger partial charge in [0.1, 0.15) is 0 Å². The number of nitrogens with zero attached hydrogens (tertiary/aromatic N) is 1. The molecule has 128 valence electrons. The zero-order valence-electron chi connectivity index (χ0n) is 14.3. The summed E-state index contributed by atoms with van der Waals surface area (Å²) in [5.74, 6) is -0.274. The number of carbonyl (C=O) groups excluding carboxylic acids is 2. The second-order valence-corrected chi connectivity index (χ2v) is 6.10. The van der Waals surface area contributed by atoms with Crippen LogP contribution in [0.5, 0.6) is 0 Å². The highest BCUT2D eigenvalue weighted by Crippen LogP contribution is 2.14. The van der Waals surface area contributed by atoms with Crippen molar-refractivity contribution >= 4 is 11.8 Å². The first-order chi connectivity index (χ1) is 11.5. The molecule has 1 unspecified atom stereocenters. The maximum atomic E-state index is 12.2. The molecule has 5 nitrogen and oxygen atoms in total. The lowest BCUT2D eigenvalue weighted by atomic mass is 9.98. The number of hydrogen-bond donors (Lipinski definition) is 2. The largest absolute Gasteiger partial charge is 0.368 e. The summed E-state index contributed by atoms with van der Waals surface area (Å²) < 4.78 is 0. The lowest BCUT2D eigenvalue weighted by molar-refractivity contribution is -0.128. The topological polar surface area (TPSA) is 61.4 Å². The number of allylic oxidation sites excluding steroid dienone is 6. The minimum Gasteiger partial charge on any atom is -0.368 e.